The fraction of sp³-hybridized carbons (Fsp3) is 0.226. The van der Waals surface area contributed by atoms with Crippen LogP contribution in [-0.4, -0.2) is 40.2 Å². The van der Waals surface area contributed by atoms with E-state index in [2.05, 4.69) is 24.0 Å². The van der Waals surface area contributed by atoms with E-state index in [1.54, 1.807) is 18.2 Å². The number of rotatable bonds is 7. The summed E-state index contributed by atoms with van der Waals surface area (Å²) in [5.41, 5.74) is 3.03. The van der Waals surface area contributed by atoms with Crippen LogP contribution in [0.3, 0.4) is 0 Å². The Bertz CT molecular complexity index is 1700. The predicted octanol–water partition coefficient (Wildman–Crippen LogP) is 7.00. The van der Waals surface area contributed by atoms with Crippen LogP contribution in [0.4, 0.5) is 5.13 Å². The van der Waals surface area contributed by atoms with Crippen LogP contribution >= 0.6 is 34.7 Å². The molecule has 214 valence electrons. The van der Waals surface area contributed by atoms with E-state index in [1.165, 1.54) is 28.0 Å². The van der Waals surface area contributed by atoms with Gasteiger partial charge in [0.15, 0.2) is 15.8 Å². The fourth-order valence-electron chi connectivity index (χ4n) is 4.87. The molecule has 0 saturated carbocycles. The van der Waals surface area contributed by atoms with Crippen LogP contribution in [0.15, 0.2) is 76.6 Å². The van der Waals surface area contributed by atoms with E-state index in [0.717, 1.165) is 11.1 Å². The lowest BCUT2D eigenvalue weighted by Gasteiger charge is -2.23. The van der Waals surface area contributed by atoms with Crippen molar-refractivity contribution in [2.75, 3.05) is 18.1 Å². The number of ether oxygens (including phenoxy) is 2. The van der Waals surface area contributed by atoms with Crippen LogP contribution in [0.2, 0.25) is 5.02 Å². The number of fused-ring (bicyclic) bond motifs is 1. The number of Topliss-reactive ketones (excluding diaryl/α,β-unsaturated/α-hetero) is 1. The first kappa shape index (κ1) is 28.3. The molecule has 3 heterocycles. The number of carbonyl (C=O) groups is 2. The Morgan fingerprint density at radius 3 is 2.52 bits per heavy atom. The van der Waals surface area contributed by atoms with Crippen molar-refractivity contribution in [3.8, 4) is 11.5 Å². The Balaban J connectivity index is 1.40. The van der Waals surface area contributed by atoms with Crippen molar-refractivity contribution in [1.82, 2.24) is 10.2 Å². The van der Waals surface area contributed by atoms with Gasteiger partial charge in [0.05, 0.1) is 11.6 Å². The van der Waals surface area contributed by atoms with Gasteiger partial charge in [0, 0.05) is 16.3 Å². The number of hydrogen-bond acceptors (Lipinski definition) is 9. The summed E-state index contributed by atoms with van der Waals surface area (Å²) in [7, 11) is 0. The molecule has 11 heteroatoms. The lowest BCUT2D eigenvalue weighted by molar-refractivity contribution is -0.132. The van der Waals surface area contributed by atoms with Crippen molar-refractivity contribution < 1.29 is 24.2 Å². The molecule has 1 aromatic heterocycles. The Kier molecular flexibility index (Phi) is 7.94. The molecule has 6 rings (SSSR count). The van der Waals surface area contributed by atoms with Crippen molar-refractivity contribution >= 4 is 57.3 Å². The summed E-state index contributed by atoms with van der Waals surface area (Å²) < 4.78 is 11.9. The van der Waals surface area contributed by atoms with E-state index >= 15 is 0 Å². The van der Waals surface area contributed by atoms with Crippen molar-refractivity contribution in [2.24, 2.45) is 0 Å². The summed E-state index contributed by atoms with van der Waals surface area (Å²) in [6.07, 6.45) is 0. The minimum atomic E-state index is -0.909. The molecule has 1 atom stereocenters. The van der Waals surface area contributed by atoms with Crippen LogP contribution in [0.25, 0.3) is 5.76 Å². The quantitative estimate of drug-likeness (QED) is 0.0775. The molecule has 0 bridgehead atoms. The Morgan fingerprint density at radius 1 is 1.05 bits per heavy atom. The number of hydrogen-bond donors (Lipinski definition) is 1. The van der Waals surface area contributed by atoms with E-state index in [1.807, 2.05) is 48.5 Å². The molecule has 0 spiro atoms. The van der Waals surface area contributed by atoms with Gasteiger partial charge in [-0.2, -0.15) is 0 Å². The first-order chi connectivity index (χ1) is 20.3. The Morgan fingerprint density at radius 2 is 1.79 bits per heavy atom. The van der Waals surface area contributed by atoms with Gasteiger partial charge in [0.25, 0.3) is 5.78 Å². The van der Waals surface area contributed by atoms with Gasteiger partial charge in [-0.15, -0.1) is 10.2 Å². The highest BCUT2D eigenvalue weighted by molar-refractivity contribution is 8.00. The molecule has 1 fully saturated rings. The second-order valence-electron chi connectivity index (χ2n) is 10.1. The molecule has 42 heavy (non-hydrogen) atoms. The average Bonchev–Trinajstić information content (AvgIpc) is 3.57. The zero-order valence-electron chi connectivity index (χ0n) is 22.7. The topological polar surface area (TPSA) is 102 Å². The summed E-state index contributed by atoms with van der Waals surface area (Å²) in [5.74, 6) is -0.0206. The highest BCUT2D eigenvalue weighted by Crippen LogP contribution is 2.45. The molecule has 2 aliphatic rings. The number of aromatic nitrogens is 2. The SMILES string of the molecule is CC(C)c1ccc([C@@H]2/C(=C(\O)c3ccc4c(c3)OCCO4)C(=O)C(=O)N2c2nnc(SCc3ccccc3Cl)s2)cc1. The van der Waals surface area contributed by atoms with Crippen LogP contribution in [0.5, 0.6) is 11.5 Å². The number of carbonyl (C=O) groups excluding carboxylic acids is 2. The summed E-state index contributed by atoms with van der Waals surface area (Å²) in [4.78, 5) is 28.5. The third kappa shape index (κ3) is 5.37. The molecule has 4 aromatic rings. The van der Waals surface area contributed by atoms with Gasteiger partial charge < -0.3 is 14.6 Å². The molecular weight excluding hydrogens is 594 g/mol. The number of halogens is 1. The number of aliphatic hydroxyl groups excluding tert-OH is 1. The van der Waals surface area contributed by atoms with E-state index in [4.69, 9.17) is 21.1 Å². The zero-order chi connectivity index (χ0) is 29.4. The fourth-order valence-corrected chi connectivity index (χ4v) is 7.02. The van der Waals surface area contributed by atoms with Crippen molar-refractivity contribution in [3.63, 3.8) is 0 Å². The van der Waals surface area contributed by atoms with E-state index in [9.17, 15) is 14.7 Å². The van der Waals surface area contributed by atoms with Gasteiger partial charge >= 0.3 is 5.91 Å². The van der Waals surface area contributed by atoms with Crippen LogP contribution < -0.4 is 14.4 Å². The third-order valence-electron chi connectivity index (χ3n) is 7.09. The molecule has 2 aliphatic heterocycles. The minimum Gasteiger partial charge on any atom is -0.507 e. The molecule has 0 unspecified atom stereocenters. The van der Waals surface area contributed by atoms with Gasteiger partial charge in [-0.05, 0) is 46.9 Å². The maximum absolute atomic E-state index is 13.6. The van der Waals surface area contributed by atoms with Gasteiger partial charge in [-0.3, -0.25) is 14.5 Å². The second kappa shape index (κ2) is 11.8. The van der Waals surface area contributed by atoms with Crippen LogP contribution in [-0.2, 0) is 15.3 Å². The molecular formula is C31H26ClN3O5S2. The van der Waals surface area contributed by atoms with Crippen molar-refractivity contribution in [2.45, 2.75) is 35.9 Å². The van der Waals surface area contributed by atoms with Crippen LogP contribution in [0, 0.1) is 0 Å². The third-order valence-corrected chi connectivity index (χ3v) is 9.56. The molecule has 8 nitrogen and oxygen atoms in total. The molecule has 3 aromatic carbocycles. The largest absolute Gasteiger partial charge is 0.507 e. The normalized spacial score (nSPS) is 17.7. The van der Waals surface area contributed by atoms with Gasteiger partial charge in [-0.25, -0.2) is 0 Å². The lowest BCUT2D eigenvalue weighted by Crippen LogP contribution is -2.29. The van der Waals surface area contributed by atoms with Crippen molar-refractivity contribution in [1.29, 1.82) is 0 Å². The standard InChI is InChI=1S/C31H26ClN3O5S2/c1-17(2)18-7-9-19(10-8-18)26-25(27(36)20-11-12-23-24(15-20)40-14-13-39-23)28(37)29(38)35(26)30-33-34-31(42-30)41-16-21-5-3-4-6-22(21)32/h3-12,15,17,26,36H,13-14,16H2,1-2H3/b27-25+/t26-/m1/s1. The van der Waals surface area contributed by atoms with Crippen LogP contribution in [0.1, 0.15) is 48.1 Å². The number of anilines is 1. The molecule has 1 N–H and O–H groups in total. The zero-order valence-corrected chi connectivity index (χ0v) is 25.1. The molecule has 1 amide bonds. The van der Waals surface area contributed by atoms with E-state index < -0.39 is 17.7 Å². The number of amides is 1. The monoisotopic (exact) mass is 619 g/mol. The second-order valence-corrected chi connectivity index (χ2v) is 12.7. The Hall–Kier alpha value is -3.86. The summed E-state index contributed by atoms with van der Waals surface area (Å²) >= 11 is 8.95. The number of thioether (sulfide) groups is 1. The van der Waals surface area contributed by atoms with E-state index in [-0.39, 0.29) is 16.5 Å². The number of ketones is 1. The predicted molar refractivity (Wildman–Crippen MR) is 164 cm³/mol. The number of nitrogens with zero attached hydrogens (tertiary/aromatic N) is 3. The first-order valence-corrected chi connectivity index (χ1v) is 15.5. The highest BCUT2D eigenvalue weighted by Gasteiger charge is 2.48. The maximum Gasteiger partial charge on any atom is 0.301 e. The number of benzene rings is 3. The summed E-state index contributed by atoms with van der Waals surface area (Å²) in [6, 6.07) is 19.3. The number of aliphatic hydroxyl groups is 1. The van der Waals surface area contributed by atoms with Gasteiger partial charge in [-0.1, -0.05) is 91.0 Å². The molecule has 1 saturated heterocycles. The first-order valence-electron chi connectivity index (χ1n) is 13.3. The van der Waals surface area contributed by atoms with Crippen molar-refractivity contribution in [3.05, 3.63) is 99.6 Å². The smallest absolute Gasteiger partial charge is 0.301 e. The van der Waals surface area contributed by atoms with Gasteiger partial charge in [0.2, 0.25) is 5.13 Å². The maximum atomic E-state index is 13.6. The lowest BCUT2D eigenvalue weighted by atomic mass is 9.93. The molecule has 0 radical (unpaired) electrons. The highest BCUT2D eigenvalue weighted by atomic mass is 35.5. The molecule has 0 aliphatic carbocycles. The average molecular weight is 620 g/mol. The minimum absolute atomic E-state index is 0.0329. The van der Waals surface area contributed by atoms with E-state index in [0.29, 0.717) is 56.9 Å². The summed E-state index contributed by atoms with van der Waals surface area (Å²) in [5, 5.41) is 21.0. The Labute approximate surface area is 255 Å². The van der Waals surface area contributed by atoms with Gasteiger partial charge in [0.1, 0.15) is 19.0 Å². The summed E-state index contributed by atoms with van der Waals surface area (Å²) in [6.45, 7) is 4.98.